The molecule has 0 aromatic heterocycles. The molecular formula is C24H34F6O3. The van der Waals surface area contributed by atoms with E-state index in [1.807, 2.05) is 12.8 Å². The van der Waals surface area contributed by atoms with E-state index in [0.717, 1.165) is 5.92 Å². The number of ketones is 1. The number of carbonyl (C=O) groups is 1. The smallest absolute Gasteiger partial charge is 0.390 e. The zero-order valence-electron chi connectivity index (χ0n) is 24.6. The standard InChI is InChI=1S/C24H34F6O3/c1-19(2,32)11-6-12-20(3,13-7-15-22(33,23(25,26)27)24(28,29)30)18-10-9-16-17(31)8-5-14-21(16,18)4/h16,18,32-33H,5-6,8-14H2,1-4H3/t16-,18+,20-,21-/m0/s1/i1D3,2D3. The number of carbonyl (C=O) groups excluding carboxylic acids is 1. The molecule has 0 aromatic carbocycles. The average Bonchev–Trinajstić information content (AvgIpc) is 3.09. The third-order valence-corrected chi connectivity index (χ3v) is 7.57. The largest absolute Gasteiger partial charge is 0.438 e. The Balaban J connectivity index is 2.48. The lowest BCUT2D eigenvalue weighted by Gasteiger charge is -2.48. The van der Waals surface area contributed by atoms with Crippen molar-refractivity contribution in [3.8, 4) is 11.8 Å². The quantitative estimate of drug-likeness (QED) is 0.356. The van der Waals surface area contributed by atoms with E-state index in [1.54, 1.807) is 6.92 Å². The van der Waals surface area contributed by atoms with Crippen LogP contribution in [0, 0.1) is 34.5 Å². The zero-order chi connectivity index (χ0) is 30.5. The SMILES string of the molecule is [2H]C([2H])([2H])C(O)(CCC[C@@](C)(CC#CC(O)(C(F)(F)F)C(F)(F)F)[C@H]1CC[C@H]2C(=O)CCC[C@]12C)C([2H])([2H])[2H]. The third-order valence-electron chi connectivity index (χ3n) is 7.57. The highest BCUT2D eigenvalue weighted by Gasteiger charge is 2.70. The molecule has 2 aliphatic rings. The van der Waals surface area contributed by atoms with Crippen LogP contribution in [0.2, 0.25) is 0 Å². The van der Waals surface area contributed by atoms with Gasteiger partial charge in [0, 0.05) is 27.0 Å². The lowest BCUT2D eigenvalue weighted by molar-refractivity contribution is -0.343. The van der Waals surface area contributed by atoms with Crippen molar-refractivity contribution in [3.63, 3.8) is 0 Å². The van der Waals surface area contributed by atoms with Gasteiger partial charge >= 0.3 is 18.0 Å². The molecule has 4 atom stereocenters. The van der Waals surface area contributed by atoms with Gasteiger partial charge in [0.15, 0.2) is 0 Å². The molecule has 190 valence electrons. The average molecular weight is 491 g/mol. The van der Waals surface area contributed by atoms with E-state index in [0.29, 0.717) is 32.1 Å². The highest BCUT2D eigenvalue weighted by atomic mass is 19.4. The van der Waals surface area contributed by atoms with Crippen molar-refractivity contribution >= 4 is 5.78 Å². The Kier molecular flexibility index (Phi) is 5.49. The highest BCUT2D eigenvalue weighted by Crippen LogP contribution is 2.61. The van der Waals surface area contributed by atoms with Crippen molar-refractivity contribution in [1.29, 1.82) is 0 Å². The van der Waals surface area contributed by atoms with Gasteiger partial charge in [-0.05, 0) is 74.9 Å². The van der Waals surface area contributed by atoms with E-state index < -0.39 is 66.8 Å². The van der Waals surface area contributed by atoms with Gasteiger partial charge in [0.25, 0.3) is 0 Å². The van der Waals surface area contributed by atoms with Gasteiger partial charge in [0.05, 0.1) is 5.60 Å². The summed E-state index contributed by atoms with van der Waals surface area (Å²) >= 11 is 0. The summed E-state index contributed by atoms with van der Waals surface area (Å²) in [6.45, 7) is -3.22. The van der Waals surface area contributed by atoms with Gasteiger partial charge in [-0.2, -0.15) is 26.3 Å². The Bertz CT molecular complexity index is 953. The van der Waals surface area contributed by atoms with Gasteiger partial charge in [-0.15, -0.1) is 0 Å². The summed E-state index contributed by atoms with van der Waals surface area (Å²) in [7, 11) is 0. The predicted molar refractivity (Wildman–Crippen MR) is 111 cm³/mol. The molecule has 0 saturated heterocycles. The minimum absolute atomic E-state index is 0.0161. The number of aliphatic hydroxyl groups is 2. The van der Waals surface area contributed by atoms with Crippen LogP contribution in [0.1, 0.15) is 93.6 Å². The normalized spacial score (nSPS) is 32.1. The number of rotatable bonds is 6. The van der Waals surface area contributed by atoms with E-state index in [2.05, 4.69) is 0 Å². The summed E-state index contributed by atoms with van der Waals surface area (Å²) in [5.41, 5.74) is -10.2. The van der Waals surface area contributed by atoms with Crippen LogP contribution < -0.4 is 0 Å². The van der Waals surface area contributed by atoms with Crippen molar-refractivity contribution in [3.05, 3.63) is 0 Å². The lowest BCUT2D eigenvalue weighted by atomic mass is 9.56. The molecule has 0 unspecified atom stereocenters. The number of hydrogen-bond donors (Lipinski definition) is 2. The van der Waals surface area contributed by atoms with E-state index >= 15 is 0 Å². The molecule has 2 saturated carbocycles. The van der Waals surface area contributed by atoms with Crippen molar-refractivity contribution in [1.82, 2.24) is 0 Å². The maximum absolute atomic E-state index is 13.2. The first-order valence-corrected chi connectivity index (χ1v) is 10.9. The maximum atomic E-state index is 13.2. The van der Waals surface area contributed by atoms with E-state index in [1.165, 1.54) is 0 Å². The number of hydrogen-bond acceptors (Lipinski definition) is 3. The monoisotopic (exact) mass is 490 g/mol. The van der Waals surface area contributed by atoms with Crippen LogP contribution in [-0.2, 0) is 4.79 Å². The predicted octanol–water partition coefficient (Wildman–Crippen LogP) is 5.97. The summed E-state index contributed by atoms with van der Waals surface area (Å²) in [4.78, 5) is 12.6. The third kappa shape index (κ3) is 5.70. The molecule has 0 amide bonds. The van der Waals surface area contributed by atoms with Crippen LogP contribution in [0.15, 0.2) is 0 Å². The first-order chi connectivity index (χ1) is 17.3. The Labute approximate surface area is 199 Å². The first kappa shape index (κ1) is 20.0. The minimum atomic E-state index is -6.13. The molecule has 0 radical (unpaired) electrons. The van der Waals surface area contributed by atoms with Gasteiger partial charge in [0.2, 0.25) is 0 Å². The second kappa shape index (κ2) is 9.07. The molecule has 33 heavy (non-hydrogen) atoms. The topological polar surface area (TPSA) is 57.5 Å². The van der Waals surface area contributed by atoms with Crippen LogP contribution >= 0.6 is 0 Å². The fourth-order valence-corrected chi connectivity index (χ4v) is 5.89. The van der Waals surface area contributed by atoms with Gasteiger partial charge < -0.3 is 10.2 Å². The lowest BCUT2D eigenvalue weighted by Crippen LogP contribution is -2.55. The van der Waals surface area contributed by atoms with Crippen molar-refractivity contribution in [2.24, 2.45) is 22.7 Å². The summed E-state index contributed by atoms with van der Waals surface area (Å²) in [5.74, 6) is 2.05. The second-order valence-corrected chi connectivity index (χ2v) is 10.1. The fourth-order valence-electron chi connectivity index (χ4n) is 5.89. The molecule has 0 spiro atoms. The molecule has 0 aliphatic heterocycles. The molecule has 0 bridgehead atoms. The molecule has 0 aromatic rings. The Morgan fingerprint density at radius 1 is 1.09 bits per heavy atom. The number of fused-ring (bicyclic) bond motifs is 1. The molecule has 9 heteroatoms. The number of halogens is 6. The van der Waals surface area contributed by atoms with Crippen LogP contribution in [0.5, 0.6) is 0 Å². The Hall–Kier alpha value is -1.27. The summed E-state index contributed by atoms with van der Waals surface area (Å²) in [6.07, 6.45) is -11.6. The Morgan fingerprint density at radius 3 is 2.24 bits per heavy atom. The molecule has 3 nitrogen and oxygen atoms in total. The number of Topliss-reactive ketones (excluding diaryl/α,β-unsaturated/α-hetero) is 1. The first-order valence-electron chi connectivity index (χ1n) is 13.9. The summed E-state index contributed by atoms with van der Waals surface area (Å²) in [5, 5.41) is 20.1. The van der Waals surface area contributed by atoms with Gasteiger partial charge in [-0.1, -0.05) is 26.2 Å². The molecule has 2 fully saturated rings. The molecule has 0 heterocycles. The van der Waals surface area contributed by atoms with Gasteiger partial charge in [-0.25, -0.2) is 0 Å². The molecule has 2 N–H and O–H groups in total. The van der Waals surface area contributed by atoms with Crippen molar-refractivity contribution in [2.45, 2.75) is 109 Å². The number of alkyl halides is 6. The van der Waals surface area contributed by atoms with Crippen LogP contribution in [0.4, 0.5) is 26.3 Å². The van der Waals surface area contributed by atoms with Crippen LogP contribution in [0.3, 0.4) is 0 Å². The fraction of sp³-hybridized carbons (Fsp3) is 0.875. The summed E-state index contributed by atoms with van der Waals surface area (Å²) in [6, 6.07) is 0. The minimum Gasteiger partial charge on any atom is -0.390 e. The van der Waals surface area contributed by atoms with Gasteiger partial charge in [-0.3, -0.25) is 4.79 Å². The molecule has 2 rings (SSSR count). The summed E-state index contributed by atoms with van der Waals surface area (Å²) < 4.78 is 124. The van der Waals surface area contributed by atoms with E-state index in [4.69, 9.17) is 8.22 Å². The molecule has 2 aliphatic carbocycles. The van der Waals surface area contributed by atoms with E-state index in [9.17, 15) is 41.4 Å². The van der Waals surface area contributed by atoms with Crippen molar-refractivity contribution < 1.29 is 49.6 Å². The second-order valence-electron chi connectivity index (χ2n) is 10.1. The van der Waals surface area contributed by atoms with Crippen molar-refractivity contribution in [2.75, 3.05) is 0 Å². The zero-order valence-corrected chi connectivity index (χ0v) is 18.6. The maximum Gasteiger partial charge on any atom is 0.438 e. The van der Waals surface area contributed by atoms with Crippen LogP contribution in [-0.4, -0.2) is 39.6 Å². The molecular weight excluding hydrogens is 450 g/mol. The van der Waals surface area contributed by atoms with Gasteiger partial charge in [0.1, 0.15) is 5.78 Å². The van der Waals surface area contributed by atoms with E-state index in [-0.39, 0.29) is 24.5 Å². The Morgan fingerprint density at radius 2 is 1.70 bits per heavy atom. The van der Waals surface area contributed by atoms with Crippen LogP contribution in [0.25, 0.3) is 0 Å². The highest BCUT2D eigenvalue weighted by molar-refractivity contribution is 5.83.